The summed E-state index contributed by atoms with van der Waals surface area (Å²) in [7, 11) is 0. The van der Waals surface area contributed by atoms with E-state index in [2.05, 4.69) is 0 Å². The van der Waals surface area contributed by atoms with E-state index in [-0.39, 0.29) is 24.1 Å². The number of amides is 1. The summed E-state index contributed by atoms with van der Waals surface area (Å²) in [6.07, 6.45) is 0.733. The maximum absolute atomic E-state index is 12.2. The first-order chi connectivity index (χ1) is 15.2. The molecule has 2 atom stereocenters. The lowest BCUT2D eigenvalue weighted by molar-refractivity contribution is -0.145. The Bertz CT molecular complexity index is 889. The molecular formula is C26H33NO5. The van der Waals surface area contributed by atoms with Crippen LogP contribution in [0.4, 0.5) is 4.79 Å². The lowest BCUT2D eigenvalue weighted by atomic mass is 9.98. The number of benzene rings is 2. The molecule has 2 aromatic carbocycles. The summed E-state index contributed by atoms with van der Waals surface area (Å²) in [5.74, 6) is 0.583. The van der Waals surface area contributed by atoms with E-state index in [9.17, 15) is 9.59 Å². The van der Waals surface area contributed by atoms with Crippen molar-refractivity contribution in [2.24, 2.45) is 0 Å². The van der Waals surface area contributed by atoms with Gasteiger partial charge < -0.3 is 19.1 Å². The molecule has 32 heavy (non-hydrogen) atoms. The van der Waals surface area contributed by atoms with Crippen molar-refractivity contribution in [3.05, 3.63) is 65.7 Å². The Morgan fingerprint density at radius 1 is 1.06 bits per heavy atom. The monoisotopic (exact) mass is 439 g/mol. The van der Waals surface area contributed by atoms with Gasteiger partial charge in [-0.25, -0.2) is 4.79 Å². The van der Waals surface area contributed by atoms with E-state index in [0.717, 1.165) is 23.3 Å². The van der Waals surface area contributed by atoms with Crippen LogP contribution >= 0.6 is 0 Å². The van der Waals surface area contributed by atoms with E-state index in [1.165, 1.54) is 0 Å². The first-order valence-corrected chi connectivity index (χ1v) is 11.1. The molecule has 1 heterocycles. The lowest BCUT2D eigenvalue weighted by Crippen LogP contribution is -2.36. The second kappa shape index (κ2) is 10.5. The van der Waals surface area contributed by atoms with Crippen molar-refractivity contribution in [1.29, 1.82) is 0 Å². The summed E-state index contributed by atoms with van der Waals surface area (Å²) < 4.78 is 16.9. The van der Waals surface area contributed by atoms with Gasteiger partial charge in [-0.2, -0.15) is 0 Å². The van der Waals surface area contributed by atoms with E-state index in [1.807, 2.05) is 82.3 Å². The standard InChI is InChI=1S/C26H33NO5/c1-19(16-24(28)30-18-20-8-6-5-7-9-20)21-10-12-22(13-11-21)31-23-14-15-27(17-23)25(29)32-26(2,3)4/h5-13,19,23H,14-18H2,1-4H3/t19-,23-/m1/s1. The first kappa shape index (κ1) is 23.6. The fourth-order valence-corrected chi connectivity index (χ4v) is 3.55. The quantitative estimate of drug-likeness (QED) is 0.547. The molecule has 1 amide bonds. The fourth-order valence-electron chi connectivity index (χ4n) is 3.55. The maximum Gasteiger partial charge on any atom is 0.410 e. The summed E-state index contributed by atoms with van der Waals surface area (Å²) in [5.41, 5.74) is 1.53. The molecule has 172 valence electrons. The predicted octanol–water partition coefficient (Wildman–Crippen LogP) is 5.31. The second-order valence-corrected chi connectivity index (χ2v) is 9.28. The van der Waals surface area contributed by atoms with Gasteiger partial charge in [-0.3, -0.25) is 4.79 Å². The Morgan fingerprint density at radius 2 is 1.75 bits per heavy atom. The van der Waals surface area contributed by atoms with Gasteiger partial charge in [-0.1, -0.05) is 49.4 Å². The molecule has 0 radical (unpaired) electrons. The third-order valence-electron chi connectivity index (χ3n) is 5.26. The Morgan fingerprint density at radius 3 is 2.41 bits per heavy atom. The van der Waals surface area contributed by atoms with E-state index in [0.29, 0.717) is 26.1 Å². The van der Waals surface area contributed by atoms with Crippen LogP contribution in [0, 0.1) is 0 Å². The maximum atomic E-state index is 12.2. The van der Waals surface area contributed by atoms with Crippen molar-refractivity contribution >= 4 is 12.1 Å². The largest absolute Gasteiger partial charge is 0.489 e. The SMILES string of the molecule is C[C@H](CC(=O)OCc1ccccc1)c1ccc(O[C@@H]2CCN(C(=O)OC(C)(C)C)C2)cc1. The van der Waals surface area contributed by atoms with Crippen LogP contribution in [0.5, 0.6) is 5.75 Å². The Labute approximate surface area is 190 Å². The highest BCUT2D eigenvalue weighted by Crippen LogP contribution is 2.25. The number of ether oxygens (including phenoxy) is 3. The third kappa shape index (κ3) is 7.29. The normalized spacial score (nSPS) is 17.0. The average molecular weight is 440 g/mol. The van der Waals surface area contributed by atoms with Gasteiger partial charge >= 0.3 is 12.1 Å². The van der Waals surface area contributed by atoms with Gasteiger partial charge in [-0.15, -0.1) is 0 Å². The smallest absolute Gasteiger partial charge is 0.410 e. The second-order valence-electron chi connectivity index (χ2n) is 9.28. The number of hydrogen-bond acceptors (Lipinski definition) is 5. The van der Waals surface area contributed by atoms with Crippen molar-refractivity contribution < 1.29 is 23.8 Å². The number of esters is 1. The molecule has 0 bridgehead atoms. The number of hydrogen-bond donors (Lipinski definition) is 0. The van der Waals surface area contributed by atoms with Crippen LogP contribution in [0.1, 0.15) is 57.6 Å². The van der Waals surface area contributed by atoms with Gasteiger partial charge in [0.2, 0.25) is 0 Å². The zero-order valence-corrected chi connectivity index (χ0v) is 19.4. The Balaban J connectivity index is 1.44. The Kier molecular flexibility index (Phi) is 7.78. The molecule has 0 spiro atoms. The van der Waals surface area contributed by atoms with E-state index >= 15 is 0 Å². The van der Waals surface area contributed by atoms with Crippen LogP contribution in [-0.2, 0) is 20.9 Å². The molecular weight excluding hydrogens is 406 g/mol. The van der Waals surface area contributed by atoms with Crippen molar-refractivity contribution in [2.75, 3.05) is 13.1 Å². The molecule has 0 N–H and O–H groups in total. The van der Waals surface area contributed by atoms with Crippen molar-refractivity contribution in [1.82, 2.24) is 4.90 Å². The molecule has 1 fully saturated rings. The molecule has 1 aliphatic heterocycles. The highest BCUT2D eigenvalue weighted by molar-refractivity contribution is 5.70. The zero-order chi connectivity index (χ0) is 23.1. The molecule has 2 aromatic rings. The minimum absolute atomic E-state index is 0.0430. The van der Waals surface area contributed by atoms with Gasteiger partial charge in [0.25, 0.3) is 0 Å². The molecule has 0 aromatic heterocycles. The molecule has 0 unspecified atom stereocenters. The average Bonchev–Trinajstić information content (AvgIpc) is 3.21. The fraction of sp³-hybridized carbons (Fsp3) is 0.462. The number of rotatable bonds is 7. The van der Waals surface area contributed by atoms with Crippen LogP contribution in [0.3, 0.4) is 0 Å². The minimum atomic E-state index is -0.503. The minimum Gasteiger partial charge on any atom is -0.489 e. The molecule has 0 saturated carbocycles. The van der Waals surface area contributed by atoms with Crippen LogP contribution in [0.2, 0.25) is 0 Å². The topological polar surface area (TPSA) is 65.1 Å². The van der Waals surface area contributed by atoms with Crippen LogP contribution in [-0.4, -0.2) is 41.8 Å². The van der Waals surface area contributed by atoms with E-state index < -0.39 is 5.60 Å². The Hall–Kier alpha value is -3.02. The summed E-state index contributed by atoms with van der Waals surface area (Å²) in [6.45, 7) is 9.03. The summed E-state index contributed by atoms with van der Waals surface area (Å²) >= 11 is 0. The van der Waals surface area contributed by atoms with Crippen LogP contribution < -0.4 is 4.74 Å². The van der Waals surface area contributed by atoms with Gasteiger partial charge in [0.05, 0.1) is 13.0 Å². The van der Waals surface area contributed by atoms with Crippen LogP contribution in [0.15, 0.2) is 54.6 Å². The number of carbonyl (C=O) groups excluding carboxylic acids is 2. The zero-order valence-electron chi connectivity index (χ0n) is 19.4. The van der Waals surface area contributed by atoms with Crippen molar-refractivity contribution in [3.8, 4) is 5.75 Å². The van der Waals surface area contributed by atoms with Gasteiger partial charge in [0, 0.05) is 13.0 Å². The molecule has 6 nitrogen and oxygen atoms in total. The highest BCUT2D eigenvalue weighted by atomic mass is 16.6. The highest BCUT2D eigenvalue weighted by Gasteiger charge is 2.30. The summed E-state index contributed by atoms with van der Waals surface area (Å²) in [6, 6.07) is 17.4. The lowest BCUT2D eigenvalue weighted by Gasteiger charge is -2.24. The van der Waals surface area contributed by atoms with Gasteiger partial charge in [0.15, 0.2) is 0 Å². The predicted molar refractivity (Wildman–Crippen MR) is 123 cm³/mol. The number of likely N-dealkylation sites (tertiary alicyclic amines) is 1. The van der Waals surface area contributed by atoms with E-state index in [4.69, 9.17) is 14.2 Å². The van der Waals surface area contributed by atoms with E-state index in [1.54, 1.807) is 4.90 Å². The number of nitrogens with zero attached hydrogens (tertiary/aromatic N) is 1. The molecule has 1 aliphatic rings. The first-order valence-electron chi connectivity index (χ1n) is 11.1. The van der Waals surface area contributed by atoms with Crippen LogP contribution in [0.25, 0.3) is 0 Å². The summed E-state index contributed by atoms with van der Waals surface area (Å²) in [4.78, 5) is 26.1. The van der Waals surface area contributed by atoms with Gasteiger partial charge in [-0.05, 0) is 49.9 Å². The molecule has 3 rings (SSSR count). The molecule has 1 saturated heterocycles. The summed E-state index contributed by atoms with van der Waals surface area (Å²) in [5, 5.41) is 0. The molecule has 6 heteroatoms. The third-order valence-corrected chi connectivity index (χ3v) is 5.26. The number of carbonyl (C=O) groups is 2. The van der Waals surface area contributed by atoms with Gasteiger partial charge in [0.1, 0.15) is 24.1 Å². The van der Waals surface area contributed by atoms with Crippen molar-refractivity contribution in [3.63, 3.8) is 0 Å². The van der Waals surface area contributed by atoms with Crippen molar-refractivity contribution in [2.45, 2.75) is 64.8 Å². The molecule has 0 aliphatic carbocycles.